The third-order valence-corrected chi connectivity index (χ3v) is 5.61. The van der Waals surface area contributed by atoms with Crippen LogP contribution in [0.15, 0.2) is 12.3 Å². The summed E-state index contributed by atoms with van der Waals surface area (Å²) in [6, 6.07) is 1.70. The van der Waals surface area contributed by atoms with Crippen LogP contribution >= 0.6 is 0 Å². The Morgan fingerprint density at radius 1 is 1.38 bits per heavy atom. The van der Waals surface area contributed by atoms with Crippen LogP contribution in [0.5, 0.6) is 0 Å². The van der Waals surface area contributed by atoms with Crippen molar-refractivity contribution in [3.8, 4) is 0 Å². The zero-order valence-electron chi connectivity index (χ0n) is 11.8. The summed E-state index contributed by atoms with van der Waals surface area (Å²) in [6.45, 7) is 0. The van der Waals surface area contributed by atoms with Gasteiger partial charge in [0.25, 0.3) is 5.91 Å². The maximum absolute atomic E-state index is 12.4. The van der Waals surface area contributed by atoms with Gasteiger partial charge in [0.05, 0.1) is 11.5 Å². The Bertz CT molecular complexity index is 657. The minimum Gasteiger partial charge on any atom is -0.351 e. The van der Waals surface area contributed by atoms with E-state index in [0.717, 1.165) is 12.8 Å². The largest absolute Gasteiger partial charge is 0.351 e. The van der Waals surface area contributed by atoms with Crippen LogP contribution in [0.2, 0.25) is 0 Å². The van der Waals surface area contributed by atoms with E-state index in [2.05, 4.69) is 15.3 Å². The highest BCUT2D eigenvalue weighted by Crippen LogP contribution is 2.23. The molecule has 0 spiro atoms. The molecule has 1 aliphatic carbocycles. The van der Waals surface area contributed by atoms with Crippen LogP contribution in [0.1, 0.15) is 29.8 Å². The molecule has 21 heavy (non-hydrogen) atoms. The van der Waals surface area contributed by atoms with Crippen molar-refractivity contribution in [1.82, 2.24) is 14.9 Å². The Labute approximate surface area is 123 Å². The molecule has 8 heteroatoms. The molecule has 0 radical (unpaired) electrons. The SMILES string of the molecule is CN(C(=O)c1ccnc(NC2CC2)n1)C1CCS(=O)(=O)C1. The third kappa shape index (κ3) is 3.31. The molecule has 2 fully saturated rings. The minimum absolute atomic E-state index is 0.0352. The molecule has 114 valence electrons. The Morgan fingerprint density at radius 2 is 2.14 bits per heavy atom. The Hall–Kier alpha value is -1.70. The first kappa shape index (κ1) is 14.2. The minimum atomic E-state index is -3.01. The fourth-order valence-corrected chi connectivity index (χ4v) is 4.16. The van der Waals surface area contributed by atoms with Crippen molar-refractivity contribution >= 4 is 21.7 Å². The molecule has 1 aliphatic heterocycles. The average molecular weight is 310 g/mol. The van der Waals surface area contributed by atoms with Gasteiger partial charge in [-0.15, -0.1) is 0 Å². The quantitative estimate of drug-likeness (QED) is 0.860. The number of nitrogens with one attached hydrogen (secondary N) is 1. The van der Waals surface area contributed by atoms with Crippen LogP contribution < -0.4 is 5.32 Å². The second kappa shape index (κ2) is 5.25. The van der Waals surface area contributed by atoms with Crippen LogP contribution in [0.3, 0.4) is 0 Å². The summed E-state index contributed by atoms with van der Waals surface area (Å²) in [7, 11) is -1.38. The standard InChI is InChI=1S/C13H18N4O3S/c1-17(10-5-7-21(19,20)8-10)12(18)11-4-6-14-13(16-11)15-9-2-3-9/h4,6,9-10H,2-3,5,7-8H2,1H3,(H,14,15,16). The van der Waals surface area contributed by atoms with Crippen molar-refractivity contribution in [2.24, 2.45) is 0 Å². The van der Waals surface area contributed by atoms with Crippen LogP contribution in [0.4, 0.5) is 5.95 Å². The number of rotatable bonds is 4. The number of anilines is 1. The van der Waals surface area contributed by atoms with E-state index in [0.29, 0.717) is 24.1 Å². The van der Waals surface area contributed by atoms with E-state index in [1.807, 2.05) is 0 Å². The second-order valence-electron chi connectivity index (χ2n) is 5.66. The van der Waals surface area contributed by atoms with Crippen LogP contribution in [-0.4, -0.2) is 59.8 Å². The molecular weight excluding hydrogens is 292 g/mol. The van der Waals surface area contributed by atoms with Gasteiger partial charge >= 0.3 is 0 Å². The lowest BCUT2D eigenvalue weighted by molar-refractivity contribution is 0.0741. The molecule has 7 nitrogen and oxygen atoms in total. The number of hydrogen-bond donors (Lipinski definition) is 1. The number of hydrogen-bond acceptors (Lipinski definition) is 6. The first-order valence-electron chi connectivity index (χ1n) is 7.02. The van der Waals surface area contributed by atoms with Gasteiger partial charge in [-0.05, 0) is 25.3 Å². The summed E-state index contributed by atoms with van der Waals surface area (Å²) in [6.07, 6.45) is 4.23. The molecule has 0 bridgehead atoms. The first-order chi connectivity index (χ1) is 9.94. The van der Waals surface area contributed by atoms with E-state index >= 15 is 0 Å². The van der Waals surface area contributed by atoms with Crippen LogP contribution in [-0.2, 0) is 9.84 Å². The van der Waals surface area contributed by atoms with E-state index in [1.165, 1.54) is 4.90 Å². The van der Waals surface area contributed by atoms with E-state index in [-0.39, 0.29) is 23.5 Å². The highest BCUT2D eigenvalue weighted by Gasteiger charge is 2.33. The predicted molar refractivity (Wildman–Crippen MR) is 77.8 cm³/mol. The first-order valence-corrected chi connectivity index (χ1v) is 8.84. The van der Waals surface area contributed by atoms with Crippen molar-refractivity contribution in [1.29, 1.82) is 0 Å². The normalized spacial score (nSPS) is 23.8. The number of carbonyl (C=O) groups is 1. The smallest absolute Gasteiger partial charge is 0.272 e. The van der Waals surface area contributed by atoms with Gasteiger partial charge < -0.3 is 10.2 Å². The van der Waals surface area contributed by atoms with Crippen molar-refractivity contribution in [2.45, 2.75) is 31.3 Å². The van der Waals surface area contributed by atoms with E-state index in [1.54, 1.807) is 19.3 Å². The lowest BCUT2D eigenvalue weighted by Crippen LogP contribution is -2.38. The molecule has 0 aromatic carbocycles. The van der Waals surface area contributed by atoms with Gasteiger partial charge in [0.2, 0.25) is 5.95 Å². The molecule has 1 N–H and O–H groups in total. The van der Waals surface area contributed by atoms with Gasteiger partial charge in [0, 0.05) is 25.3 Å². The number of aromatic nitrogens is 2. The highest BCUT2D eigenvalue weighted by molar-refractivity contribution is 7.91. The lowest BCUT2D eigenvalue weighted by Gasteiger charge is -2.23. The van der Waals surface area contributed by atoms with Gasteiger partial charge in [-0.2, -0.15) is 0 Å². The molecule has 1 saturated heterocycles. The summed E-state index contributed by atoms with van der Waals surface area (Å²) < 4.78 is 23.0. The van der Waals surface area contributed by atoms with E-state index < -0.39 is 9.84 Å². The maximum Gasteiger partial charge on any atom is 0.272 e. The topological polar surface area (TPSA) is 92.3 Å². The number of nitrogens with zero attached hydrogens (tertiary/aromatic N) is 3. The monoisotopic (exact) mass is 310 g/mol. The Morgan fingerprint density at radius 3 is 2.76 bits per heavy atom. The summed E-state index contributed by atoms with van der Waals surface area (Å²) in [5.41, 5.74) is 0.292. The fourth-order valence-electron chi connectivity index (χ4n) is 2.38. The molecule has 2 aliphatic rings. The molecule has 1 amide bonds. The average Bonchev–Trinajstić information content (AvgIpc) is 3.19. The summed E-state index contributed by atoms with van der Waals surface area (Å²) in [5, 5.41) is 3.14. The molecule has 1 atom stereocenters. The molecule has 1 aromatic heterocycles. The zero-order valence-corrected chi connectivity index (χ0v) is 12.6. The molecule has 1 aromatic rings. The van der Waals surface area contributed by atoms with Gasteiger partial charge in [0.1, 0.15) is 5.69 Å². The maximum atomic E-state index is 12.4. The predicted octanol–water partition coefficient (Wildman–Crippen LogP) is 0.310. The van der Waals surface area contributed by atoms with Crippen molar-refractivity contribution in [3.05, 3.63) is 18.0 Å². The highest BCUT2D eigenvalue weighted by atomic mass is 32.2. The summed E-state index contributed by atoms with van der Waals surface area (Å²) in [5.74, 6) is 0.371. The molecule has 1 saturated carbocycles. The Balaban J connectivity index is 1.72. The molecule has 2 heterocycles. The summed E-state index contributed by atoms with van der Waals surface area (Å²) in [4.78, 5) is 22.2. The Kier molecular flexibility index (Phi) is 3.56. The fraction of sp³-hybridized carbons (Fsp3) is 0.615. The van der Waals surface area contributed by atoms with Gasteiger partial charge in [-0.1, -0.05) is 0 Å². The lowest BCUT2D eigenvalue weighted by atomic mass is 10.2. The molecule has 3 rings (SSSR count). The number of amides is 1. The second-order valence-corrected chi connectivity index (χ2v) is 7.89. The van der Waals surface area contributed by atoms with Crippen molar-refractivity contribution in [2.75, 3.05) is 23.9 Å². The van der Waals surface area contributed by atoms with E-state index in [4.69, 9.17) is 0 Å². The van der Waals surface area contributed by atoms with Crippen LogP contribution in [0, 0.1) is 0 Å². The summed E-state index contributed by atoms with van der Waals surface area (Å²) >= 11 is 0. The van der Waals surface area contributed by atoms with Crippen LogP contribution in [0.25, 0.3) is 0 Å². The molecule has 1 unspecified atom stereocenters. The van der Waals surface area contributed by atoms with Gasteiger partial charge in [-0.25, -0.2) is 18.4 Å². The van der Waals surface area contributed by atoms with Gasteiger partial charge in [-0.3, -0.25) is 4.79 Å². The van der Waals surface area contributed by atoms with Crippen molar-refractivity contribution in [3.63, 3.8) is 0 Å². The number of sulfone groups is 1. The number of carbonyl (C=O) groups excluding carboxylic acids is 1. The van der Waals surface area contributed by atoms with Gasteiger partial charge in [0.15, 0.2) is 9.84 Å². The molecular formula is C13H18N4O3S. The van der Waals surface area contributed by atoms with E-state index in [9.17, 15) is 13.2 Å². The van der Waals surface area contributed by atoms with Crippen molar-refractivity contribution < 1.29 is 13.2 Å². The third-order valence-electron chi connectivity index (χ3n) is 3.86. The zero-order chi connectivity index (χ0) is 15.0.